The highest BCUT2D eigenvalue weighted by molar-refractivity contribution is 8.23. The van der Waals surface area contributed by atoms with Gasteiger partial charge >= 0.3 is 23.9 Å². The number of thiocarbonyl (C=S) groups is 1. The summed E-state index contributed by atoms with van der Waals surface area (Å²) >= 11 is 11.4. The van der Waals surface area contributed by atoms with Crippen LogP contribution in [-0.2, 0) is 38.1 Å². The molecule has 0 fully saturated rings. The van der Waals surface area contributed by atoms with Gasteiger partial charge in [0, 0.05) is 28.7 Å². The van der Waals surface area contributed by atoms with Crippen LogP contribution in [0.25, 0.3) is 0 Å². The first kappa shape index (κ1) is 37.1. The predicted octanol–water partition coefficient (Wildman–Crippen LogP) is 5.31. The Hall–Kier alpha value is -1.50. The molecule has 3 atom stereocenters. The maximum Gasteiger partial charge on any atom is 0.319 e. The van der Waals surface area contributed by atoms with Crippen molar-refractivity contribution in [3.8, 4) is 0 Å². The normalized spacial score (nSPS) is 12.0. The van der Waals surface area contributed by atoms with Crippen LogP contribution < -0.4 is 0 Å². The minimum Gasteiger partial charge on any atom is -0.466 e. The highest BCUT2D eigenvalue weighted by Crippen LogP contribution is 2.29. The van der Waals surface area contributed by atoms with Gasteiger partial charge in [0.25, 0.3) is 0 Å². The van der Waals surface area contributed by atoms with E-state index in [0.29, 0.717) is 23.9 Å². The van der Waals surface area contributed by atoms with Crippen molar-refractivity contribution < 1.29 is 38.1 Å². The third kappa shape index (κ3) is 26.7. The van der Waals surface area contributed by atoms with E-state index in [1.54, 1.807) is 34.6 Å². The third-order valence-electron chi connectivity index (χ3n) is 3.01. The molecule has 0 saturated carbocycles. The summed E-state index contributed by atoms with van der Waals surface area (Å²) in [5.74, 6) is -1.55. The summed E-state index contributed by atoms with van der Waals surface area (Å²) in [6.07, 6.45) is 1.48. The fourth-order valence-electron chi connectivity index (χ4n) is 1.80. The van der Waals surface area contributed by atoms with E-state index in [9.17, 15) is 19.2 Å². The van der Waals surface area contributed by atoms with Gasteiger partial charge < -0.3 is 18.9 Å². The SMILES string of the molecule is C=C(S)SC(CC(C)C(=O)OCC)OC(C)=O.C=COC(C)=O.CCOC(=O)C(C)SC(C)=S. The van der Waals surface area contributed by atoms with E-state index in [-0.39, 0.29) is 29.1 Å². The molecule has 0 aromatic carbocycles. The Kier molecular flexibility index (Phi) is 25.3. The number of esters is 4. The molecule has 0 amide bonds. The van der Waals surface area contributed by atoms with E-state index in [1.807, 2.05) is 0 Å². The Morgan fingerprint density at radius 1 is 0.971 bits per heavy atom. The van der Waals surface area contributed by atoms with Gasteiger partial charge in [0.05, 0.1) is 25.4 Å². The van der Waals surface area contributed by atoms with Crippen LogP contribution in [-0.4, -0.2) is 52.0 Å². The molecular weight excluding hydrogens is 521 g/mol. The molecule has 0 aliphatic carbocycles. The van der Waals surface area contributed by atoms with Crippen molar-refractivity contribution in [2.75, 3.05) is 13.2 Å². The lowest BCUT2D eigenvalue weighted by molar-refractivity contribution is -0.151. The van der Waals surface area contributed by atoms with Gasteiger partial charge in [0.15, 0.2) is 5.44 Å². The molecule has 0 spiro atoms. The van der Waals surface area contributed by atoms with Gasteiger partial charge in [-0.2, -0.15) is 0 Å². The van der Waals surface area contributed by atoms with Crippen molar-refractivity contribution in [2.45, 2.75) is 65.6 Å². The molecule has 0 aliphatic heterocycles. The molecule has 12 heteroatoms. The van der Waals surface area contributed by atoms with Crippen LogP contribution in [0, 0.1) is 5.92 Å². The second kappa shape index (κ2) is 23.3. The van der Waals surface area contributed by atoms with Gasteiger partial charge in [0.1, 0.15) is 5.25 Å². The molecule has 0 N–H and O–H groups in total. The summed E-state index contributed by atoms with van der Waals surface area (Å²) in [4.78, 5) is 43.1. The average molecular weight is 557 g/mol. The molecule has 196 valence electrons. The number of hydrogen-bond acceptors (Lipinski definition) is 12. The highest BCUT2D eigenvalue weighted by Gasteiger charge is 2.22. The third-order valence-corrected chi connectivity index (χ3v) is 5.32. The molecule has 0 aromatic heterocycles. The minimum absolute atomic E-state index is 0.174. The molecular formula is C22H36O8S4. The standard InChI is InChI=1S/C11H18O4S2.C7H12O2S2.C4H6O2/c1-5-14-11(13)7(2)6-10(15-8(3)12)17-9(4)16;1-4-9-7(8)5(2)11-6(3)10;1-3-6-4(2)5/h7,10,16H,4-6H2,1-3H3;5H,4H2,1-3H3;3H,1H2,2H3. The zero-order chi connectivity index (χ0) is 27.3. The molecule has 0 bridgehead atoms. The number of thioether (sulfide) groups is 2. The van der Waals surface area contributed by atoms with Crippen LogP contribution in [0.4, 0.5) is 0 Å². The predicted molar refractivity (Wildman–Crippen MR) is 146 cm³/mol. The molecule has 0 rings (SSSR count). The van der Waals surface area contributed by atoms with E-state index in [2.05, 4.69) is 30.5 Å². The smallest absolute Gasteiger partial charge is 0.319 e. The van der Waals surface area contributed by atoms with E-state index in [0.717, 1.165) is 10.5 Å². The topological polar surface area (TPSA) is 105 Å². The van der Waals surface area contributed by atoms with E-state index in [1.165, 1.54) is 37.4 Å². The molecule has 0 radical (unpaired) electrons. The van der Waals surface area contributed by atoms with E-state index < -0.39 is 11.4 Å². The largest absolute Gasteiger partial charge is 0.466 e. The van der Waals surface area contributed by atoms with Gasteiger partial charge in [0.2, 0.25) is 0 Å². The Balaban J connectivity index is -0.000000482. The Bertz CT molecular complexity index is 666. The molecule has 0 aromatic rings. The Labute approximate surface area is 222 Å². The molecule has 8 nitrogen and oxygen atoms in total. The van der Waals surface area contributed by atoms with Crippen LogP contribution in [0.1, 0.15) is 54.9 Å². The number of ether oxygens (including phenoxy) is 4. The fourth-order valence-corrected chi connectivity index (χ4v) is 4.12. The lowest BCUT2D eigenvalue weighted by Gasteiger charge is -2.19. The lowest BCUT2D eigenvalue weighted by Crippen LogP contribution is -2.22. The number of carbonyl (C=O) groups is 4. The first-order valence-electron chi connectivity index (χ1n) is 10.2. The van der Waals surface area contributed by atoms with Gasteiger partial charge in [-0.15, -0.1) is 24.4 Å². The first-order valence-corrected chi connectivity index (χ1v) is 12.8. The van der Waals surface area contributed by atoms with Crippen molar-refractivity contribution in [3.05, 3.63) is 23.7 Å². The molecule has 0 saturated heterocycles. The summed E-state index contributed by atoms with van der Waals surface area (Å²) in [6.45, 7) is 19.0. The van der Waals surface area contributed by atoms with Crippen LogP contribution in [0.5, 0.6) is 0 Å². The van der Waals surface area contributed by atoms with Crippen LogP contribution >= 0.6 is 48.4 Å². The first-order chi connectivity index (χ1) is 15.7. The number of rotatable bonds is 11. The van der Waals surface area contributed by atoms with Gasteiger partial charge in [-0.3, -0.25) is 19.2 Å². The zero-order valence-electron chi connectivity index (χ0n) is 20.8. The quantitative estimate of drug-likeness (QED) is 0.0893. The number of carbonyl (C=O) groups excluding carboxylic acids is 4. The highest BCUT2D eigenvalue weighted by atomic mass is 32.2. The summed E-state index contributed by atoms with van der Waals surface area (Å²) in [7, 11) is 0. The van der Waals surface area contributed by atoms with Crippen LogP contribution in [0.15, 0.2) is 23.7 Å². The Morgan fingerprint density at radius 2 is 1.47 bits per heavy atom. The average Bonchev–Trinajstić information content (AvgIpc) is 2.67. The van der Waals surface area contributed by atoms with Crippen molar-refractivity contribution in [3.63, 3.8) is 0 Å². The van der Waals surface area contributed by atoms with E-state index >= 15 is 0 Å². The van der Waals surface area contributed by atoms with Crippen LogP contribution in [0.3, 0.4) is 0 Å². The maximum atomic E-state index is 11.4. The monoisotopic (exact) mass is 556 g/mol. The summed E-state index contributed by atoms with van der Waals surface area (Å²) in [5.41, 5.74) is -0.461. The van der Waals surface area contributed by atoms with Crippen molar-refractivity contribution in [1.82, 2.24) is 0 Å². The second-order valence-corrected chi connectivity index (χ2v) is 10.7. The fraction of sp³-hybridized carbons (Fsp3) is 0.591. The van der Waals surface area contributed by atoms with Crippen LogP contribution in [0.2, 0.25) is 0 Å². The maximum absolute atomic E-state index is 11.4. The second-order valence-electron chi connectivity index (χ2n) is 6.22. The zero-order valence-corrected chi connectivity index (χ0v) is 24.1. The van der Waals surface area contributed by atoms with Crippen molar-refractivity contribution in [2.24, 2.45) is 5.92 Å². The Morgan fingerprint density at radius 3 is 1.79 bits per heavy atom. The number of thiol groups is 1. The van der Waals surface area contributed by atoms with Gasteiger partial charge in [-0.05, 0) is 27.7 Å². The van der Waals surface area contributed by atoms with Gasteiger partial charge in [-0.1, -0.05) is 44.1 Å². The van der Waals surface area contributed by atoms with Crippen molar-refractivity contribution in [1.29, 1.82) is 0 Å². The summed E-state index contributed by atoms with van der Waals surface area (Å²) < 4.78 is 20.2. The van der Waals surface area contributed by atoms with Gasteiger partial charge in [-0.25, -0.2) is 0 Å². The summed E-state index contributed by atoms with van der Waals surface area (Å²) in [5, 5.41) is -0.174. The van der Waals surface area contributed by atoms with Crippen molar-refractivity contribution >= 4 is 76.4 Å². The molecule has 0 aliphatic rings. The summed E-state index contributed by atoms with van der Waals surface area (Å²) in [6, 6.07) is 0. The molecule has 0 heterocycles. The number of hydrogen-bond donors (Lipinski definition) is 1. The molecule has 3 unspecified atom stereocenters. The lowest BCUT2D eigenvalue weighted by atomic mass is 10.1. The molecule has 34 heavy (non-hydrogen) atoms. The van der Waals surface area contributed by atoms with E-state index in [4.69, 9.17) is 26.4 Å². The minimum atomic E-state index is -0.461.